The summed E-state index contributed by atoms with van der Waals surface area (Å²) in [7, 11) is 0. The lowest BCUT2D eigenvalue weighted by molar-refractivity contribution is 0.0407. The number of phenols is 1. The van der Waals surface area contributed by atoms with Crippen LogP contribution in [0.3, 0.4) is 0 Å². The van der Waals surface area contributed by atoms with Gasteiger partial charge in [0.15, 0.2) is 0 Å². The molecule has 144 valence electrons. The molecule has 2 aliphatic rings. The molecule has 1 fully saturated rings. The van der Waals surface area contributed by atoms with Crippen LogP contribution < -0.4 is 0 Å². The molecule has 0 radical (unpaired) electrons. The lowest BCUT2D eigenvalue weighted by Crippen LogP contribution is -2.47. The Morgan fingerprint density at radius 3 is 2.37 bits per heavy atom. The highest BCUT2D eigenvalue weighted by Gasteiger charge is 2.49. The van der Waals surface area contributed by atoms with Crippen LogP contribution in [0.1, 0.15) is 82.9 Å². The maximum atomic E-state index is 9.73. The van der Waals surface area contributed by atoms with E-state index in [9.17, 15) is 5.11 Å². The van der Waals surface area contributed by atoms with Gasteiger partial charge in [-0.05, 0) is 88.3 Å². The van der Waals surface area contributed by atoms with Gasteiger partial charge in [-0.15, -0.1) is 0 Å². The quantitative estimate of drug-likeness (QED) is 0.598. The fourth-order valence-electron chi connectivity index (χ4n) is 6.22. The Bertz CT molecular complexity index is 843. The van der Waals surface area contributed by atoms with Crippen LogP contribution in [0, 0.1) is 11.3 Å². The number of fused-ring (bicyclic) bond motifs is 3. The number of rotatable bonds is 2. The van der Waals surface area contributed by atoms with Crippen molar-refractivity contribution in [3.8, 4) is 16.9 Å². The monoisotopic (exact) mass is 362 g/mol. The normalized spacial score (nSPS) is 26.5. The first-order chi connectivity index (χ1) is 12.7. The minimum absolute atomic E-state index is 0.288. The molecule has 27 heavy (non-hydrogen) atoms. The largest absolute Gasteiger partial charge is 0.508 e. The molecule has 2 atom stereocenters. The van der Waals surface area contributed by atoms with Crippen molar-refractivity contribution in [3.63, 3.8) is 0 Å². The van der Waals surface area contributed by atoms with Crippen LogP contribution in [0.4, 0.5) is 0 Å². The van der Waals surface area contributed by atoms with Gasteiger partial charge in [0.2, 0.25) is 0 Å². The second-order valence-electron chi connectivity index (χ2n) is 10.1. The van der Waals surface area contributed by atoms with Crippen molar-refractivity contribution in [1.82, 2.24) is 0 Å². The zero-order chi connectivity index (χ0) is 19.4. The van der Waals surface area contributed by atoms with Crippen LogP contribution >= 0.6 is 0 Å². The van der Waals surface area contributed by atoms with Crippen LogP contribution in [0.2, 0.25) is 0 Å². The van der Waals surface area contributed by atoms with Gasteiger partial charge in [0.25, 0.3) is 0 Å². The second-order valence-corrected chi connectivity index (χ2v) is 10.1. The van der Waals surface area contributed by atoms with Gasteiger partial charge in [0, 0.05) is 0 Å². The summed E-state index contributed by atoms with van der Waals surface area (Å²) in [6.45, 7) is 12.1. The average molecular weight is 363 g/mol. The molecule has 0 aliphatic heterocycles. The zero-order valence-electron chi connectivity index (χ0n) is 17.6. The molecule has 2 aromatic rings. The smallest absolute Gasteiger partial charge is 0.115 e. The van der Waals surface area contributed by atoms with E-state index in [0.29, 0.717) is 17.1 Å². The predicted molar refractivity (Wildman–Crippen MR) is 114 cm³/mol. The van der Waals surface area contributed by atoms with Gasteiger partial charge in [0.05, 0.1) is 0 Å². The van der Waals surface area contributed by atoms with Crippen molar-refractivity contribution in [3.05, 3.63) is 53.1 Å². The van der Waals surface area contributed by atoms with E-state index < -0.39 is 0 Å². The standard InChI is InChI=1S/C26H34O/c1-17(2)21-15-19-9-12-24-25(3,4)13-6-14-26(24,5)23(19)16-22(21)18-7-10-20(27)11-8-18/h7-8,10-11,15-17,24,27H,6,9,12-14H2,1-5H3/t24-,26+/m0/s1. The van der Waals surface area contributed by atoms with Crippen molar-refractivity contribution in [2.24, 2.45) is 11.3 Å². The molecule has 0 aromatic heterocycles. The van der Waals surface area contributed by atoms with Crippen LogP contribution in [0.15, 0.2) is 36.4 Å². The molecule has 0 amide bonds. The molecular formula is C26H34O. The third kappa shape index (κ3) is 3.00. The van der Waals surface area contributed by atoms with Gasteiger partial charge in [-0.3, -0.25) is 0 Å². The number of aryl methyl sites for hydroxylation is 1. The van der Waals surface area contributed by atoms with Crippen LogP contribution in [-0.2, 0) is 11.8 Å². The molecule has 0 saturated heterocycles. The van der Waals surface area contributed by atoms with E-state index in [1.54, 1.807) is 11.1 Å². The number of phenolic OH excluding ortho intramolecular Hbond substituents is 1. The molecule has 0 bridgehead atoms. The maximum absolute atomic E-state index is 9.73. The van der Waals surface area contributed by atoms with E-state index in [1.807, 2.05) is 12.1 Å². The highest BCUT2D eigenvalue weighted by atomic mass is 16.3. The third-order valence-electron chi connectivity index (χ3n) is 7.62. The molecule has 1 nitrogen and oxygen atoms in total. The van der Waals surface area contributed by atoms with Crippen molar-refractivity contribution in [2.75, 3.05) is 0 Å². The Hall–Kier alpha value is -1.76. The number of hydrogen-bond donors (Lipinski definition) is 1. The van der Waals surface area contributed by atoms with Gasteiger partial charge >= 0.3 is 0 Å². The molecule has 1 saturated carbocycles. The summed E-state index contributed by atoms with van der Waals surface area (Å²) in [5.41, 5.74) is 7.92. The molecule has 0 unspecified atom stereocenters. The van der Waals surface area contributed by atoms with Crippen molar-refractivity contribution < 1.29 is 5.11 Å². The molecule has 1 N–H and O–H groups in total. The first kappa shape index (κ1) is 18.6. The maximum Gasteiger partial charge on any atom is 0.115 e. The minimum Gasteiger partial charge on any atom is -0.508 e. The first-order valence-electron chi connectivity index (χ1n) is 10.7. The van der Waals surface area contributed by atoms with Crippen LogP contribution in [0.5, 0.6) is 5.75 Å². The second kappa shape index (κ2) is 6.40. The average Bonchev–Trinajstić information content (AvgIpc) is 2.61. The Morgan fingerprint density at radius 2 is 1.70 bits per heavy atom. The topological polar surface area (TPSA) is 20.2 Å². The Balaban J connectivity index is 1.90. The molecule has 1 heteroatoms. The van der Waals surface area contributed by atoms with Gasteiger partial charge in [-0.2, -0.15) is 0 Å². The number of benzene rings is 2. The van der Waals surface area contributed by atoms with Crippen LogP contribution in [-0.4, -0.2) is 5.11 Å². The van der Waals surface area contributed by atoms with E-state index in [0.717, 1.165) is 5.92 Å². The molecule has 4 rings (SSSR count). The van der Waals surface area contributed by atoms with Crippen molar-refractivity contribution >= 4 is 0 Å². The molecule has 2 aromatic carbocycles. The minimum atomic E-state index is 0.288. The molecule has 2 aliphatic carbocycles. The summed E-state index contributed by atoms with van der Waals surface area (Å²) >= 11 is 0. The summed E-state index contributed by atoms with van der Waals surface area (Å²) in [6, 6.07) is 12.8. The van der Waals surface area contributed by atoms with Crippen LogP contribution in [0.25, 0.3) is 11.1 Å². The predicted octanol–water partition coefficient (Wildman–Crippen LogP) is 7.21. The highest BCUT2D eigenvalue weighted by Crippen LogP contribution is 2.57. The summed E-state index contributed by atoms with van der Waals surface area (Å²) in [6.07, 6.45) is 6.54. The zero-order valence-corrected chi connectivity index (χ0v) is 17.6. The van der Waals surface area contributed by atoms with E-state index in [4.69, 9.17) is 0 Å². The SMILES string of the molecule is CC(C)c1cc2c(cc1-c1ccc(O)cc1)[C@@]1(C)CCCC(C)(C)[C@@H]1CC2. The van der Waals surface area contributed by atoms with Gasteiger partial charge < -0.3 is 5.11 Å². The summed E-state index contributed by atoms with van der Waals surface area (Å²) in [5, 5.41) is 9.73. The van der Waals surface area contributed by atoms with Gasteiger partial charge in [0.1, 0.15) is 5.75 Å². The highest BCUT2D eigenvalue weighted by molar-refractivity contribution is 5.71. The van der Waals surface area contributed by atoms with E-state index in [1.165, 1.54) is 48.8 Å². The molecular weight excluding hydrogens is 328 g/mol. The van der Waals surface area contributed by atoms with E-state index >= 15 is 0 Å². The number of hydrogen-bond acceptors (Lipinski definition) is 1. The summed E-state index contributed by atoms with van der Waals surface area (Å²) in [4.78, 5) is 0. The van der Waals surface area contributed by atoms with Crippen molar-refractivity contribution in [2.45, 2.75) is 78.1 Å². The summed E-state index contributed by atoms with van der Waals surface area (Å²) < 4.78 is 0. The van der Waals surface area contributed by atoms with Gasteiger partial charge in [-0.1, -0.05) is 65.3 Å². The Morgan fingerprint density at radius 1 is 1.00 bits per heavy atom. The van der Waals surface area contributed by atoms with Gasteiger partial charge in [-0.25, -0.2) is 0 Å². The third-order valence-corrected chi connectivity index (χ3v) is 7.62. The fraction of sp³-hybridized carbons (Fsp3) is 0.538. The first-order valence-corrected chi connectivity index (χ1v) is 10.7. The van der Waals surface area contributed by atoms with Crippen molar-refractivity contribution in [1.29, 1.82) is 0 Å². The summed E-state index contributed by atoms with van der Waals surface area (Å²) in [5.74, 6) is 1.60. The molecule has 0 spiro atoms. The lowest BCUT2D eigenvalue weighted by atomic mass is 9.50. The van der Waals surface area contributed by atoms with E-state index in [2.05, 4.69) is 58.9 Å². The Kier molecular flexibility index (Phi) is 4.41. The lowest BCUT2D eigenvalue weighted by Gasteiger charge is -2.54. The number of aromatic hydroxyl groups is 1. The molecule has 0 heterocycles. The van der Waals surface area contributed by atoms with E-state index in [-0.39, 0.29) is 5.41 Å². The fourth-order valence-corrected chi connectivity index (χ4v) is 6.22. The Labute approximate surface area is 164 Å².